The van der Waals surface area contributed by atoms with Crippen LogP contribution in [0.2, 0.25) is 0 Å². The van der Waals surface area contributed by atoms with Crippen molar-refractivity contribution in [3.63, 3.8) is 0 Å². The molecule has 0 aliphatic carbocycles. The summed E-state index contributed by atoms with van der Waals surface area (Å²) in [4.78, 5) is 6.80. The zero-order chi connectivity index (χ0) is 18.6. The zero-order valence-electron chi connectivity index (χ0n) is 15.8. The monoisotopic (exact) mass is 378 g/mol. The van der Waals surface area contributed by atoms with Crippen molar-refractivity contribution in [2.45, 2.75) is 25.2 Å². The molecule has 1 aromatic carbocycles. The predicted molar refractivity (Wildman–Crippen MR) is 106 cm³/mol. The van der Waals surface area contributed by atoms with E-state index in [4.69, 9.17) is 0 Å². The molecule has 2 saturated heterocycles. The van der Waals surface area contributed by atoms with Crippen LogP contribution < -0.4 is 5.32 Å². The second kappa shape index (κ2) is 8.39. The van der Waals surface area contributed by atoms with Gasteiger partial charge in [-0.2, -0.15) is 0 Å². The van der Waals surface area contributed by atoms with E-state index in [-0.39, 0.29) is 0 Å². The Balaban J connectivity index is 1.47. The molecule has 1 unspecified atom stereocenters. The first kappa shape index (κ1) is 19.2. The first-order valence-corrected chi connectivity index (χ1v) is 11.3. The highest BCUT2D eigenvalue weighted by Gasteiger charge is 2.28. The van der Waals surface area contributed by atoms with E-state index in [1.165, 1.54) is 11.8 Å². The van der Waals surface area contributed by atoms with Gasteiger partial charge < -0.3 is 10.2 Å². The smallest absolute Gasteiger partial charge is 0.211 e. The molecule has 2 aliphatic rings. The molecular formula is C19H30N4O2S. The molecule has 6 nitrogen and oxygen atoms in total. The van der Waals surface area contributed by atoms with Gasteiger partial charge in [0.2, 0.25) is 10.0 Å². The molecule has 0 aromatic heterocycles. The van der Waals surface area contributed by atoms with Gasteiger partial charge in [0.05, 0.1) is 6.26 Å². The molecule has 26 heavy (non-hydrogen) atoms. The summed E-state index contributed by atoms with van der Waals surface area (Å²) in [6.45, 7) is 4.13. The Bertz CT molecular complexity index is 712. The van der Waals surface area contributed by atoms with Crippen molar-refractivity contribution in [3.05, 3.63) is 35.9 Å². The molecule has 0 saturated carbocycles. The lowest BCUT2D eigenvalue weighted by Gasteiger charge is -2.31. The Labute approximate surface area is 157 Å². The van der Waals surface area contributed by atoms with E-state index < -0.39 is 10.0 Å². The summed E-state index contributed by atoms with van der Waals surface area (Å²) in [5.74, 6) is 2.03. The minimum absolute atomic E-state index is 0.497. The first-order valence-electron chi connectivity index (χ1n) is 9.43. The highest BCUT2D eigenvalue weighted by molar-refractivity contribution is 7.88. The molecular weight excluding hydrogens is 348 g/mol. The quantitative estimate of drug-likeness (QED) is 0.640. The van der Waals surface area contributed by atoms with Crippen LogP contribution in [0.15, 0.2) is 35.3 Å². The molecule has 3 rings (SSSR count). The molecule has 2 aliphatic heterocycles. The lowest BCUT2D eigenvalue weighted by molar-refractivity contribution is 0.273. The van der Waals surface area contributed by atoms with Gasteiger partial charge in [-0.1, -0.05) is 30.3 Å². The number of nitrogens with zero attached hydrogens (tertiary/aromatic N) is 3. The van der Waals surface area contributed by atoms with E-state index in [2.05, 4.69) is 45.5 Å². The Morgan fingerprint density at radius 1 is 1.15 bits per heavy atom. The van der Waals surface area contributed by atoms with Crippen molar-refractivity contribution in [3.8, 4) is 0 Å². The topological polar surface area (TPSA) is 65.0 Å². The van der Waals surface area contributed by atoms with Gasteiger partial charge in [0.15, 0.2) is 5.96 Å². The molecule has 144 valence electrons. The predicted octanol–water partition coefficient (Wildman–Crippen LogP) is 1.72. The summed E-state index contributed by atoms with van der Waals surface area (Å²) in [6, 6.07) is 10.7. The SMILES string of the molecule is CN=C(NCC1CCN(S(C)(=O)=O)CC1)N1CCC(c2ccccc2)C1. The highest BCUT2D eigenvalue weighted by Crippen LogP contribution is 2.27. The average molecular weight is 379 g/mol. The summed E-state index contributed by atoms with van der Waals surface area (Å²) in [7, 11) is -1.21. The number of guanidine groups is 1. The molecule has 2 fully saturated rings. The Hall–Kier alpha value is -1.60. The summed E-state index contributed by atoms with van der Waals surface area (Å²) in [5, 5.41) is 3.51. The molecule has 0 radical (unpaired) electrons. The summed E-state index contributed by atoms with van der Waals surface area (Å²) in [6.07, 6.45) is 4.26. The third-order valence-electron chi connectivity index (χ3n) is 5.56. The molecule has 0 bridgehead atoms. The minimum atomic E-state index is -3.05. The lowest BCUT2D eigenvalue weighted by Crippen LogP contribution is -2.45. The Morgan fingerprint density at radius 2 is 1.85 bits per heavy atom. The highest BCUT2D eigenvalue weighted by atomic mass is 32.2. The van der Waals surface area contributed by atoms with E-state index in [9.17, 15) is 8.42 Å². The van der Waals surface area contributed by atoms with Crippen LogP contribution in [-0.4, -0.2) is 69.6 Å². The molecule has 1 N–H and O–H groups in total. The summed E-state index contributed by atoms with van der Waals surface area (Å²) >= 11 is 0. The van der Waals surface area contributed by atoms with Crippen molar-refractivity contribution >= 4 is 16.0 Å². The fraction of sp³-hybridized carbons (Fsp3) is 0.632. The number of hydrogen-bond donors (Lipinski definition) is 1. The van der Waals surface area contributed by atoms with Crippen LogP contribution in [0.5, 0.6) is 0 Å². The average Bonchev–Trinajstić information content (AvgIpc) is 3.13. The van der Waals surface area contributed by atoms with Crippen LogP contribution in [0, 0.1) is 5.92 Å². The summed E-state index contributed by atoms with van der Waals surface area (Å²) in [5.41, 5.74) is 1.40. The van der Waals surface area contributed by atoms with Crippen LogP contribution in [0.25, 0.3) is 0 Å². The maximum Gasteiger partial charge on any atom is 0.211 e. The number of sulfonamides is 1. The van der Waals surface area contributed by atoms with Crippen LogP contribution in [0.1, 0.15) is 30.7 Å². The van der Waals surface area contributed by atoms with Gasteiger partial charge in [0.1, 0.15) is 0 Å². The molecule has 0 spiro atoms. The fourth-order valence-corrected chi connectivity index (χ4v) is 4.84. The van der Waals surface area contributed by atoms with E-state index in [1.54, 1.807) is 4.31 Å². The van der Waals surface area contributed by atoms with Crippen LogP contribution in [0.3, 0.4) is 0 Å². The van der Waals surface area contributed by atoms with Gasteiger partial charge in [-0.25, -0.2) is 12.7 Å². The largest absolute Gasteiger partial charge is 0.356 e. The number of likely N-dealkylation sites (tertiary alicyclic amines) is 1. The number of hydrogen-bond acceptors (Lipinski definition) is 3. The lowest BCUT2D eigenvalue weighted by atomic mass is 9.98. The normalized spacial score (nSPS) is 23.4. The number of piperidine rings is 1. The van der Waals surface area contributed by atoms with Gasteiger partial charge in [-0.3, -0.25) is 4.99 Å². The van der Waals surface area contributed by atoms with Gasteiger partial charge >= 0.3 is 0 Å². The van der Waals surface area contributed by atoms with E-state index in [0.717, 1.165) is 44.9 Å². The first-order chi connectivity index (χ1) is 12.5. The standard InChI is InChI=1S/C19H30N4O2S/c1-20-19(21-14-16-8-12-23(13-9-16)26(2,24)25)22-11-10-18(15-22)17-6-4-3-5-7-17/h3-7,16,18H,8-15H2,1-2H3,(H,20,21). The minimum Gasteiger partial charge on any atom is -0.356 e. The Morgan fingerprint density at radius 3 is 2.46 bits per heavy atom. The van der Waals surface area contributed by atoms with Crippen molar-refractivity contribution in [2.24, 2.45) is 10.9 Å². The second-order valence-electron chi connectivity index (χ2n) is 7.38. The maximum absolute atomic E-state index is 11.6. The van der Waals surface area contributed by atoms with Gasteiger partial charge in [0, 0.05) is 45.7 Å². The number of aliphatic imine (C=N–C) groups is 1. The van der Waals surface area contributed by atoms with E-state index >= 15 is 0 Å². The number of rotatable bonds is 4. The second-order valence-corrected chi connectivity index (χ2v) is 9.36. The summed E-state index contributed by atoms with van der Waals surface area (Å²) < 4.78 is 24.8. The molecule has 2 heterocycles. The number of nitrogens with one attached hydrogen (secondary N) is 1. The van der Waals surface area contributed by atoms with Gasteiger partial charge in [-0.05, 0) is 30.7 Å². The van der Waals surface area contributed by atoms with Crippen LogP contribution in [0.4, 0.5) is 0 Å². The molecule has 0 amide bonds. The third kappa shape index (κ3) is 4.76. The number of benzene rings is 1. The van der Waals surface area contributed by atoms with Crippen molar-refractivity contribution in [1.29, 1.82) is 0 Å². The van der Waals surface area contributed by atoms with Crippen molar-refractivity contribution in [2.75, 3.05) is 46.0 Å². The van der Waals surface area contributed by atoms with Crippen LogP contribution >= 0.6 is 0 Å². The molecule has 1 aromatic rings. The fourth-order valence-electron chi connectivity index (χ4n) is 3.96. The van der Waals surface area contributed by atoms with E-state index in [1.807, 2.05) is 7.05 Å². The Kier molecular flexibility index (Phi) is 6.19. The van der Waals surface area contributed by atoms with Crippen molar-refractivity contribution < 1.29 is 8.42 Å². The van der Waals surface area contributed by atoms with Crippen LogP contribution in [-0.2, 0) is 10.0 Å². The van der Waals surface area contributed by atoms with Gasteiger partial charge in [-0.15, -0.1) is 0 Å². The van der Waals surface area contributed by atoms with Crippen molar-refractivity contribution in [1.82, 2.24) is 14.5 Å². The zero-order valence-corrected chi connectivity index (χ0v) is 16.6. The van der Waals surface area contributed by atoms with E-state index in [0.29, 0.717) is 24.9 Å². The third-order valence-corrected chi connectivity index (χ3v) is 6.87. The molecule has 7 heteroatoms. The molecule has 1 atom stereocenters. The van der Waals surface area contributed by atoms with Gasteiger partial charge in [0.25, 0.3) is 0 Å². The maximum atomic E-state index is 11.6.